The number of furan rings is 1. The fraction of sp³-hybridized carbons (Fsp3) is 0.0725. The summed E-state index contributed by atoms with van der Waals surface area (Å²) in [6.07, 6.45) is 14.0. The Morgan fingerprint density at radius 3 is 1.92 bits per heavy atom. The number of allylic oxidation sites excluding steroid dienone is 5. The van der Waals surface area contributed by atoms with Crippen molar-refractivity contribution in [3.8, 4) is 22.3 Å². The maximum Gasteiger partial charge on any atom is 0.143 e. The smallest absolute Gasteiger partial charge is 0.143 e. The number of hydrogen-bond acceptors (Lipinski definition) is 2. The molecular formula is C69H49NO. The van der Waals surface area contributed by atoms with Crippen LogP contribution in [0.4, 0.5) is 5.69 Å². The fourth-order valence-corrected chi connectivity index (χ4v) is 12.2. The predicted molar refractivity (Wildman–Crippen MR) is 297 cm³/mol. The third-order valence-corrected chi connectivity index (χ3v) is 15.4. The van der Waals surface area contributed by atoms with Gasteiger partial charge in [0.1, 0.15) is 11.2 Å². The molecule has 1 heterocycles. The van der Waals surface area contributed by atoms with Gasteiger partial charge in [-0.2, -0.15) is 0 Å². The van der Waals surface area contributed by atoms with Gasteiger partial charge >= 0.3 is 0 Å². The number of hydrogen-bond donors (Lipinski definition) is 0. The lowest BCUT2D eigenvalue weighted by molar-refractivity contribution is 0.452. The summed E-state index contributed by atoms with van der Waals surface area (Å²) in [5.74, 6) is -0.0642. The summed E-state index contributed by atoms with van der Waals surface area (Å²) in [4.78, 5) is 2.08. The van der Waals surface area contributed by atoms with Crippen molar-refractivity contribution in [3.05, 3.63) is 300 Å². The highest BCUT2D eigenvalue weighted by molar-refractivity contribution is 6.14. The van der Waals surface area contributed by atoms with Crippen molar-refractivity contribution in [1.82, 2.24) is 0 Å². The van der Waals surface area contributed by atoms with Crippen molar-refractivity contribution in [2.45, 2.75) is 23.8 Å². The Morgan fingerprint density at radius 1 is 0.507 bits per heavy atom. The van der Waals surface area contributed by atoms with Gasteiger partial charge in [-0.3, -0.25) is 0 Å². The molecular weight excluding hydrogens is 859 g/mol. The number of fused-ring (bicyclic) bond motifs is 9. The molecule has 0 fully saturated rings. The highest BCUT2D eigenvalue weighted by Crippen LogP contribution is 2.60. The van der Waals surface area contributed by atoms with E-state index in [-0.39, 0.29) is 53.3 Å². The van der Waals surface area contributed by atoms with E-state index < -0.39 is 5.41 Å². The van der Waals surface area contributed by atoms with Crippen LogP contribution in [-0.4, -0.2) is 6.04 Å². The zero-order chi connectivity index (χ0) is 50.4. The van der Waals surface area contributed by atoms with E-state index in [1.165, 1.54) is 49.4 Å². The molecule has 3 unspecified atom stereocenters. The lowest BCUT2D eigenvalue weighted by atomic mass is 9.63. The topological polar surface area (TPSA) is 16.4 Å². The van der Waals surface area contributed by atoms with E-state index in [1.54, 1.807) is 0 Å². The van der Waals surface area contributed by atoms with Gasteiger partial charge in [0.2, 0.25) is 0 Å². The summed E-state index contributed by atoms with van der Waals surface area (Å²) < 4.78 is 46.1. The Morgan fingerprint density at radius 2 is 1.15 bits per heavy atom. The maximum atomic E-state index is 10.0. The molecule has 0 N–H and O–H groups in total. The number of benzene rings is 10. The summed E-state index contributed by atoms with van der Waals surface area (Å²) in [7, 11) is 0. The van der Waals surface area contributed by atoms with Crippen LogP contribution in [-0.2, 0) is 5.41 Å². The molecule has 10 aromatic carbocycles. The van der Waals surface area contributed by atoms with E-state index in [1.807, 2.05) is 42.5 Å². The summed E-state index contributed by atoms with van der Waals surface area (Å²) in [6, 6.07) is 71.5. The van der Waals surface area contributed by atoms with Gasteiger partial charge in [0.05, 0.1) is 16.9 Å². The van der Waals surface area contributed by atoms with Crippen molar-refractivity contribution < 1.29 is 9.90 Å². The number of para-hydroxylation sites is 2. The molecule has 0 spiro atoms. The second kappa shape index (κ2) is 16.8. The highest BCUT2D eigenvalue weighted by atomic mass is 16.3. The largest absolute Gasteiger partial charge is 0.455 e. The van der Waals surface area contributed by atoms with Gasteiger partial charge in [0, 0.05) is 39.6 Å². The molecule has 3 aliphatic rings. The zero-order valence-corrected chi connectivity index (χ0v) is 38.9. The molecule has 3 atom stereocenters. The van der Waals surface area contributed by atoms with Gasteiger partial charge in [-0.1, -0.05) is 237 Å². The number of rotatable bonds is 8. The molecule has 336 valence electrons. The van der Waals surface area contributed by atoms with Gasteiger partial charge in [-0.05, 0) is 108 Å². The molecule has 3 aliphatic carbocycles. The van der Waals surface area contributed by atoms with Gasteiger partial charge in [0.15, 0.2) is 0 Å². The predicted octanol–water partition coefficient (Wildman–Crippen LogP) is 17.6. The van der Waals surface area contributed by atoms with E-state index in [0.29, 0.717) is 23.2 Å². The van der Waals surface area contributed by atoms with Crippen molar-refractivity contribution >= 4 is 54.7 Å². The normalized spacial score (nSPS) is 18.6. The van der Waals surface area contributed by atoms with Gasteiger partial charge in [-0.15, -0.1) is 0 Å². The van der Waals surface area contributed by atoms with Crippen LogP contribution in [0, 0.1) is 5.92 Å². The molecule has 2 heteroatoms. The van der Waals surface area contributed by atoms with Gasteiger partial charge in [0.25, 0.3) is 0 Å². The first-order valence-corrected chi connectivity index (χ1v) is 24.7. The summed E-state index contributed by atoms with van der Waals surface area (Å²) >= 11 is 0. The van der Waals surface area contributed by atoms with Crippen LogP contribution in [0.5, 0.6) is 0 Å². The molecule has 0 saturated heterocycles. The monoisotopic (exact) mass is 911 g/mol. The molecule has 14 rings (SSSR count). The number of anilines is 1. The van der Waals surface area contributed by atoms with Crippen LogP contribution in [0.15, 0.2) is 277 Å². The Balaban J connectivity index is 0.905. The SMILES string of the molecule is [2H]c1c([2H])c(N(C2=CC3C(C=C2)c2ccccc2C3(c2ccccc2)c2ccccc2)C2C=CC(c3ccc(-c4cc5ccccc5c5ccccc45)cc3)=CC2)c([2H])c([2H])c1-c1cccc2c1oc1ccccc12. The molecule has 0 amide bonds. The van der Waals surface area contributed by atoms with Crippen LogP contribution >= 0.6 is 0 Å². The minimum atomic E-state index is -0.573. The average Bonchev–Trinajstić information content (AvgIpc) is 4.12. The average molecular weight is 912 g/mol. The highest BCUT2D eigenvalue weighted by Gasteiger charge is 2.53. The first-order chi connectivity index (χ1) is 36.9. The van der Waals surface area contributed by atoms with Gasteiger partial charge < -0.3 is 9.32 Å². The fourth-order valence-electron chi connectivity index (χ4n) is 12.2. The molecule has 2 nitrogen and oxygen atoms in total. The summed E-state index contributed by atoms with van der Waals surface area (Å²) in [6.45, 7) is 0. The second-order valence-corrected chi connectivity index (χ2v) is 19.1. The van der Waals surface area contributed by atoms with Crippen molar-refractivity contribution in [2.75, 3.05) is 4.90 Å². The van der Waals surface area contributed by atoms with Crippen LogP contribution in [0.3, 0.4) is 0 Å². The van der Waals surface area contributed by atoms with Crippen LogP contribution in [0.2, 0.25) is 0 Å². The Labute approximate surface area is 420 Å². The summed E-state index contributed by atoms with van der Waals surface area (Å²) in [5.41, 5.74) is 11.9. The van der Waals surface area contributed by atoms with Crippen LogP contribution in [0.1, 0.15) is 45.6 Å². The molecule has 11 aromatic rings. The number of nitrogens with zero attached hydrogens (tertiary/aromatic N) is 1. The van der Waals surface area contributed by atoms with Crippen LogP contribution in [0.25, 0.3) is 71.3 Å². The van der Waals surface area contributed by atoms with E-state index in [0.717, 1.165) is 33.2 Å². The molecule has 0 aliphatic heterocycles. The van der Waals surface area contributed by atoms with Crippen molar-refractivity contribution in [1.29, 1.82) is 0 Å². The van der Waals surface area contributed by atoms with E-state index in [2.05, 4.69) is 205 Å². The van der Waals surface area contributed by atoms with Crippen LogP contribution < -0.4 is 4.90 Å². The first kappa shape index (κ1) is 37.2. The Kier molecular flexibility index (Phi) is 8.78. The second-order valence-electron chi connectivity index (χ2n) is 19.1. The zero-order valence-electron chi connectivity index (χ0n) is 42.9. The van der Waals surface area contributed by atoms with Crippen molar-refractivity contribution in [3.63, 3.8) is 0 Å². The Bertz CT molecular complexity index is 4160. The minimum Gasteiger partial charge on any atom is -0.455 e. The first-order valence-electron chi connectivity index (χ1n) is 26.7. The van der Waals surface area contributed by atoms with Gasteiger partial charge in [-0.25, -0.2) is 0 Å². The maximum absolute atomic E-state index is 10.0. The Hall–Kier alpha value is -8.72. The third-order valence-electron chi connectivity index (χ3n) is 15.4. The van der Waals surface area contributed by atoms with E-state index >= 15 is 0 Å². The lowest BCUT2D eigenvalue weighted by Gasteiger charge is -2.41. The minimum absolute atomic E-state index is 0.0345. The molecule has 0 saturated carbocycles. The quantitative estimate of drug-likeness (QED) is 0.141. The standard InChI is InChI=1S/C69H49NO/c1-3-17-51(18-4-1)69(52-19-5-2-6-20-52)65-28-13-11-24-60(65)61-43-42-55(45-66(61)69)70(54-40-36-48(37-41-54)57-26-15-27-63-62-25-12-14-29-67(62)71-68(57)63)53-38-34-47(35-39-53)46-30-32-49(33-31-46)64-44-50-16-7-8-21-56(50)58-22-9-10-23-59(58)64/h1-38,40-45,53,61,66H,39H2/i36D,37D,40D,41D. The third kappa shape index (κ3) is 6.63. The molecule has 71 heavy (non-hydrogen) atoms. The molecule has 0 radical (unpaired) electrons. The molecule has 1 aromatic heterocycles. The van der Waals surface area contributed by atoms with Crippen molar-refractivity contribution in [2.24, 2.45) is 5.92 Å². The lowest BCUT2D eigenvalue weighted by Crippen LogP contribution is -2.38. The summed E-state index contributed by atoms with van der Waals surface area (Å²) in [5, 5.41) is 6.72. The van der Waals surface area contributed by atoms with E-state index in [9.17, 15) is 5.48 Å². The molecule has 0 bridgehead atoms. The van der Waals surface area contributed by atoms with E-state index in [4.69, 9.17) is 4.42 Å².